The molecule has 2 aliphatic heterocycles. The number of ether oxygens (including phenoxy) is 2. The van der Waals surface area contributed by atoms with Gasteiger partial charge in [0.25, 0.3) is 0 Å². The van der Waals surface area contributed by atoms with Crippen LogP contribution in [0, 0.1) is 0 Å². The molecule has 2 aliphatic rings. The van der Waals surface area contributed by atoms with E-state index in [-0.39, 0.29) is 36.0 Å². The smallest absolute Gasteiger partial charge is 0.243 e. The third-order valence-electron chi connectivity index (χ3n) is 4.97. The fourth-order valence-electron chi connectivity index (χ4n) is 3.50. The Bertz CT molecular complexity index is 973. The number of hydrogen-bond acceptors (Lipinski definition) is 7. The van der Waals surface area contributed by atoms with Crippen molar-refractivity contribution in [3.05, 3.63) is 18.2 Å². The summed E-state index contributed by atoms with van der Waals surface area (Å²) in [6.45, 7) is 1.42. The van der Waals surface area contributed by atoms with Gasteiger partial charge >= 0.3 is 0 Å². The molecule has 1 aromatic rings. The first kappa shape index (κ1) is 22.0. The Kier molecular flexibility index (Phi) is 6.48. The van der Waals surface area contributed by atoms with Crippen molar-refractivity contribution in [1.82, 2.24) is 8.61 Å². The van der Waals surface area contributed by atoms with Gasteiger partial charge in [0.2, 0.25) is 26.0 Å². The number of sulfonamides is 2. The highest BCUT2D eigenvalue weighted by atomic mass is 32.2. The second-order valence-corrected chi connectivity index (χ2v) is 10.8. The van der Waals surface area contributed by atoms with Gasteiger partial charge in [-0.15, -0.1) is 0 Å². The molecule has 29 heavy (non-hydrogen) atoms. The summed E-state index contributed by atoms with van der Waals surface area (Å²) >= 11 is 0. The third-order valence-corrected chi connectivity index (χ3v) is 8.15. The fraction of sp³-hybridized carbons (Fsp3) is 0.588. The van der Waals surface area contributed by atoms with E-state index in [4.69, 9.17) is 9.47 Å². The Balaban J connectivity index is 1.87. The summed E-state index contributed by atoms with van der Waals surface area (Å²) in [7, 11) is -5.88. The van der Waals surface area contributed by atoms with Gasteiger partial charge in [0, 0.05) is 19.6 Å². The number of carbonyl (C=O) groups is 1. The number of carbonyl (C=O) groups excluding carboxylic acids is 1. The first-order valence-electron chi connectivity index (χ1n) is 9.18. The Labute approximate surface area is 170 Å². The van der Waals surface area contributed by atoms with Crippen LogP contribution >= 0.6 is 0 Å². The summed E-state index contributed by atoms with van der Waals surface area (Å²) in [4.78, 5) is 12.8. The summed E-state index contributed by atoms with van der Waals surface area (Å²) in [6, 6.07) is 3.37. The van der Waals surface area contributed by atoms with Crippen LogP contribution in [0.2, 0.25) is 0 Å². The number of hydrogen-bond donors (Lipinski definition) is 1. The lowest BCUT2D eigenvalue weighted by Crippen LogP contribution is -2.42. The van der Waals surface area contributed by atoms with E-state index in [2.05, 4.69) is 5.32 Å². The minimum atomic E-state index is -3.76. The molecule has 0 spiro atoms. The summed E-state index contributed by atoms with van der Waals surface area (Å²) in [6.07, 6.45) is 2.04. The molecule has 162 valence electrons. The van der Waals surface area contributed by atoms with Crippen molar-refractivity contribution in [3.8, 4) is 5.75 Å². The molecule has 0 bridgehead atoms. The van der Waals surface area contributed by atoms with Gasteiger partial charge in [0.1, 0.15) is 11.8 Å². The van der Waals surface area contributed by atoms with Crippen LogP contribution in [0.4, 0.5) is 5.69 Å². The van der Waals surface area contributed by atoms with Crippen molar-refractivity contribution < 1.29 is 31.1 Å². The van der Waals surface area contributed by atoms with E-state index in [0.717, 1.165) is 10.6 Å². The van der Waals surface area contributed by atoms with Gasteiger partial charge in [-0.3, -0.25) is 4.79 Å². The van der Waals surface area contributed by atoms with Gasteiger partial charge in [-0.25, -0.2) is 16.8 Å². The molecular weight excluding hydrogens is 422 g/mol. The van der Waals surface area contributed by atoms with Gasteiger partial charge in [-0.1, -0.05) is 0 Å². The van der Waals surface area contributed by atoms with Crippen LogP contribution in [0.25, 0.3) is 0 Å². The van der Waals surface area contributed by atoms with E-state index < -0.39 is 32.0 Å². The number of rotatable bonds is 6. The van der Waals surface area contributed by atoms with Gasteiger partial charge < -0.3 is 14.8 Å². The highest BCUT2D eigenvalue weighted by Crippen LogP contribution is 2.30. The topological polar surface area (TPSA) is 122 Å². The number of nitrogens with zero attached hydrogens (tertiary/aromatic N) is 2. The normalized spacial score (nSPS) is 21.8. The molecule has 2 saturated heterocycles. The SMILES string of the molecule is COc1ccc(S(=O)(=O)N2CCOCC2)cc1NC(=O)C1CCCN1S(C)(=O)=O. The second-order valence-electron chi connectivity index (χ2n) is 6.90. The molecule has 0 aromatic heterocycles. The average Bonchev–Trinajstić information content (AvgIpc) is 3.19. The number of morpholine rings is 1. The zero-order valence-electron chi connectivity index (χ0n) is 16.3. The monoisotopic (exact) mass is 447 g/mol. The van der Waals surface area contributed by atoms with Crippen LogP contribution < -0.4 is 10.1 Å². The minimum Gasteiger partial charge on any atom is -0.495 e. The predicted octanol–water partition coefficient (Wildman–Crippen LogP) is 0.0786. The molecule has 1 aromatic carbocycles. The maximum Gasteiger partial charge on any atom is 0.243 e. The number of anilines is 1. The van der Waals surface area contributed by atoms with E-state index in [0.29, 0.717) is 26.1 Å². The molecular formula is C17H25N3O7S2. The van der Waals surface area contributed by atoms with Crippen LogP contribution in [-0.2, 0) is 29.6 Å². The van der Waals surface area contributed by atoms with Crippen molar-refractivity contribution >= 4 is 31.6 Å². The molecule has 10 nitrogen and oxygen atoms in total. The zero-order valence-corrected chi connectivity index (χ0v) is 18.0. The van der Waals surface area contributed by atoms with Gasteiger partial charge in [0.05, 0.1) is 37.2 Å². The van der Waals surface area contributed by atoms with Crippen molar-refractivity contribution in [3.63, 3.8) is 0 Å². The molecule has 1 N–H and O–H groups in total. The summed E-state index contributed by atoms with van der Waals surface area (Å²) < 4.78 is 62.5. The second kappa shape index (κ2) is 8.56. The standard InChI is InChI=1S/C17H25N3O7S2/c1-26-16-6-5-13(29(24,25)19-8-10-27-11-9-19)12-14(16)18-17(21)15-4-3-7-20(15)28(2,22)23/h5-6,12,15H,3-4,7-11H2,1-2H3,(H,18,21). The number of amides is 1. The molecule has 12 heteroatoms. The number of methoxy groups -OCH3 is 1. The minimum absolute atomic E-state index is 0.0156. The molecule has 2 heterocycles. The maximum atomic E-state index is 12.9. The van der Waals surface area contributed by atoms with E-state index in [1.165, 1.54) is 29.6 Å². The largest absolute Gasteiger partial charge is 0.495 e. The Morgan fingerprint density at radius 2 is 1.86 bits per heavy atom. The summed E-state index contributed by atoms with van der Waals surface area (Å²) in [5.41, 5.74) is 0.173. The van der Waals surface area contributed by atoms with Crippen LogP contribution in [0.5, 0.6) is 5.75 Å². The number of nitrogens with one attached hydrogen (secondary N) is 1. The van der Waals surface area contributed by atoms with Crippen molar-refractivity contribution in [2.45, 2.75) is 23.8 Å². The highest BCUT2D eigenvalue weighted by molar-refractivity contribution is 7.89. The Hall–Kier alpha value is -1.73. The first-order valence-corrected chi connectivity index (χ1v) is 12.5. The van der Waals surface area contributed by atoms with Gasteiger partial charge in [-0.05, 0) is 31.0 Å². The summed E-state index contributed by atoms with van der Waals surface area (Å²) in [5, 5.41) is 2.64. The Morgan fingerprint density at radius 1 is 1.17 bits per heavy atom. The molecule has 0 saturated carbocycles. The van der Waals surface area contributed by atoms with Crippen molar-refractivity contribution in [2.75, 3.05) is 51.5 Å². The highest BCUT2D eigenvalue weighted by Gasteiger charge is 2.37. The lowest BCUT2D eigenvalue weighted by atomic mass is 10.2. The fourth-order valence-corrected chi connectivity index (χ4v) is 6.06. The van der Waals surface area contributed by atoms with Crippen LogP contribution in [0.3, 0.4) is 0 Å². The lowest BCUT2D eigenvalue weighted by molar-refractivity contribution is -0.119. The van der Waals surface area contributed by atoms with Gasteiger partial charge in [0.15, 0.2) is 0 Å². The van der Waals surface area contributed by atoms with Crippen molar-refractivity contribution in [2.24, 2.45) is 0 Å². The molecule has 1 atom stereocenters. The Morgan fingerprint density at radius 3 is 2.48 bits per heavy atom. The molecule has 2 fully saturated rings. The van der Waals surface area contributed by atoms with Crippen LogP contribution in [0.1, 0.15) is 12.8 Å². The summed E-state index contributed by atoms with van der Waals surface area (Å²) in [5.74, 6) is -0.240. The van der Waals surface area contributed by atoms with E-state index in [1.807, 2.05) is 0 Å². The number of benzene rings is 1. The van der Waals surface area contributed by atoms with Crippen LogP contribution in [0.15, 0.2) is 23.1 Å². The van der Waals surface area contributed by atoms with E-state index in [9.17, 15) is 21.6 Å². The van der Waals surface area contributed by atoms with E-state index in [1.54, 1.807) is 0 Å². The maximum absolute atomic E-state index is 12.9. The predicted molar refractivity (Wildman–Crippen MR) is 106 cm³/mol. The quantitative estimate of drug-likeness (QED) is 0.655. The average molecular weight is 448 g/mol. The molecule has 3 rings (SSSR count). The molecule has 0 radical (unpaired) electrons. The third kappa shape index (κ3) is 4.72. The van der Waals surface area contributed by atoms with Gasteiger partial charge in [-0.2, -0.15) is 8.61 Å². The van der Waals surface area contributed by atoms with Crippen LogP contribution in [-0.4, -0.2) is 83.6 Å². The zero-order chi connectivity index (χ0) is 21.2. The first-order chi connectivity index (χ1) is 13.6. The molecule has 0 aliphatic carbocycles. The lowest BCUT2D eigenvalue weighted by Gasteiger charge is -2.26. The van der Waals surface area contributed by atoms with E-state index >= 15 is 0 Å². The molecule has 1 amide bonds. The molecule has 1 unspecified atom stereocenters. The van der Waals surface area contributed by atoms with Crippen molar-refractivity contribution in [1.29, 1.82) is 0 Å².